The van der Waals surface area contributed by atoms with Crippen LogP contribution in [0.5, 0.6) is 5.75 Å². The minimum absolute atomic E-state index is 0.0214. The molecule has 0 bridgehead atoms. The van der Waals surface area contributed by atoms with Crippen LogP contribution in [-0.4, -0.2) is 45.9 Å². The summed E-state index contributed by atoms with van der Waals surface area (Å²) >= 11 is 0. The zero-order chi connectivity index (χ0) is 26.2. The molecule has 0 amide bonds. The Hall–Kier alpha value is -4.07. The van der Waals surface area contributed by atoms with Gasteiger partial charge in [0.05, 0.1) is 26.4 Å². The summed E-state index contributed by atoms with van der Waals surface area (Å²) in [6.45, 7) is 0.374. The van der Waals surface area contributed by atoms with Crippen LogP contribution in [0.2, 0.25) is 0 Å². The number of nitriles is 1. The number of nitrogens with two attached hydrogens (primary N) is 1. The molecule has 1 aliphatic heterocycles. The van der Waals surface area contributed by atoms with Crippen LogP contribution in [0.1, 0.15) is 41.3 Å². The Balaban J connectivity index is 1.53. The Morgan fingerprint density at radius 1 is 1.24 bits per heavy atom. The molecule has 0 spiro atoms. The highest BCUT2D eigenvalue weighted by Crippen LogP contribution is 2.41. The fourth-order valence-corrected chi connectivity index (χ4v) is 4.80. The van der Waals surface area contributed by atoms with Crippen molar-refractivity contribution in [2.75, 3.05) is 26.1 Å². The monoisotopic (exact) mass is 505 g/mol. The fourth-order valence-electron chi connectivity index (χ4n) is 4.80. The van der Waals surface area contributed by atoms with Crippen molar-refractivity contribution in [3.8, 4) is 23.1 Å². The predicted octanol–water partition coefficient (Wildman–Crippen LogP) is 4.25. The van der Waals surface area contributed by atoms with Gasteiger partial charge in [0.2, 0.25) is 0 Å². The third-order valence-corrected chi connectivity index (χ3v) is 6.77. The van der Waals surface area contributed by atoms with Crippen LogP contribution in [0.25, 0.3) is 16.8 Å². The van der Waals surface area contributed by atoms with Gasteiger partial charge in [-0.15, -0.1) is 0 Å². The van der Waals surface area contributed by atoms with E-state index in [2.05, 4.69) is 4.98 Å². The molecule has 2 unspecified atom stereocenters. The summed E-state index contributed by atoms with van der Waals surface area (Å²) in [4.78, 5) is 9.05. The first-order valence-corrected chi connectivity index (χ1v) is 11.8. The maximum Gasteiger partial charge on any atom is 0.299 e. The number of anilines is 1. The smallest absolute Gasteiger partial charge is 0.299 e. The van der Waals surface area contributed by atoms with Crippen LogP contribution in [0.4, 0.5) is 14.6 Å². The quantitative estimate of drug-likeness (QED) is 0.402. The van der Waals surface area contributed by atoms with Crippen LogP contribution >= 0.6 is 0 Å². The average Bonchev–Trinajstić information content (AvgIpc) is 3.33. The largest absolute Gasteiger partial charge is 0.495 e. The molecule has 1 aliphatic rings. The van der Waals surface area contributed by atoms with E-state index < -0.39 is 11.5 Å². The van der Waals surface area contributed by atoms with E-state index in [1.807, 2.05) is 10.5 Å². The average molecular weight is 506 g/mol. The second kappa shape index (κ2) is 9.76. The standard InChI is InChI=1S/C27H25F2N5O3/c1-36-22-4-2-3-21(20(22)13-30)27(28,29)18-8-5-16(6-9-18)23-24-25(31)32-11-12-34(24)26(33-23)17-7-10-19(14-35)37-15-17/h2-6,8-9,11-12,17,19,35H,7,10,14-15H2,1H3,(H2,31,32). The highest BCUT2D eigenvalue weighted by atomic mass is 19.3. The van der Waals surface area contributed by atoms with Gasteiger partial charge in [-0.3, -0.25) is 4.40 Å². The Bertz CT molecular complexity index is 1470. The van der Waals surface area contributed by atoms with E-state index in [0.717, 1.165) is 12.2 Å². The number of hydrogen-bond donors (Lipinski definition) is 2. The first kappa shape index (κ1) is 24.6. The Labute approximate surface area is 211 Å². The number of ether oxygens (including phenoxy) is 2. The van der Waals surface area contributed by atoms with Crippen molar-refractivity contribution in [2.45, 2.75) is 30.8 Å². The summed E-state index contributed by atoms with van der Waals surface area (Å²) in [5, 5.41) is 18.9. The molecule has 3 N–H and O–H groups in total. The van der Waals surface area contributed by atoms with Gasteiger partial charge in [0.15, 0.2) is 0 Å². The van der Waals surface area contributed by atoms with Crippen molar-refractivity contribution in [1.29, 1.82) is 5.26 Å². The number of imidazole rings is 1. The maximum atomic E-state index is 15.5. The molecule has 2 aromatic carbocycles. The maximum absolute atomic E-state index is 15.5. The number of methoxy groups -OCH3 is 1. The summed E-state index contributed by atoms with van der Waals surface area (Å²) in [5.41, 5.74) is 7.02. The van der Waals surface area contributed by atoms with Crippen LogP contribution in [0.3, 0.4) is 0 Å². The Morgan fingerprint density at radius 2 is 2.03 bits per heavy atom. The molecule has 3 heterocycles. The minimum atomic E-state index is -3.43. The van der Waals surface area contributed by atoms with Gasteiger partial charge >= 0.3 is 0 Å². The van der Waals surface area contributed by atoms with Crippen molar-refractivity contribution < 1.29 is 23.4 Å². The highest BCUT2D eigenvalue weighted by Gasteiger charge is 2.37. The molecule has 37 heavy (non-hydrogen) atoms. The van der Waals surface area contributed by atoms with E-state index in [1.165, 1.54) is 37.4 Å². The van der Waals surface area contributed by atoms with Crippen LogP contribution in [0, 0.1) is 11.3 Å². The number of nitrogens with zero attached hydrogens (tertiary/aromatic N) is 4. The first-order chi connectivity index (χ1) is 17.9. The van der Waals surface area contributed by atoms with E-state index in [-0.39, 0.29) is 41.3 Å². The lowest BCUT2D eigenvalue weighted by atomic mass is 9.94. The lowest BCUT2D eigenvalue weighted by Gasteiger charge is -2.27. The number of fused-ring (bicyclic) bond motifs is 1. The topological polar surface area (TPSA) is 119 Å². The summed E-state index contributed by atoms with van der Waals surface area (Å²) in [6.07, 6.45) is 4.64. The van der Waals surface area contributed by atoms with Gasteiger partial charge in [0.1, 0.15) is 40.2 Å². The Morgan fingerprint density at radius 3 is 2.68 bits per heavy atom. The van der Waals surface area contributed by atoms with Gasteiger partial charge in [-0.2, -0.15) is 14.0 Å². The number of nitrogen functional groups attached to an aromatic ring is 1. The number of aliphatic hydroxyl groups excluding tert-OH is 1. The number of hydrogen-bond acceptors (Lipinski definition) is 7. The van der Waals surface area contributed by atoms with E-state index in [0.29, 0.717) is 29.8 Å². The van der Waals surface area contributed by atoms with Crippen molar-refractivity contribution >= 4 is 11.3 Å². The van der Waals surface area contributed by atoms with Crippen LogP contribution < -0.4 is 10.5 Å². The third-order valence-electron chi connectivity index (χ3n) is 6.77. The van der Waals surface area contributed by atoms with E-state index >= 15 is 8.78 Å². The van der Waals surface area contributed by atoms with Crippen molar-refractivity contribution in [3.63, 3.8) is 0 Å². The molecule has 1 fully saturated rings. The molecular weight excluding hydrogens is 480 g/mol. The van der Waals surface area contributed by atoms with Gasteiger partial charge in [0, 0.05) is 35.0 Å². The van der Waals surface area contributed by atoms with Gasteiger partial charge in [0.25, 0.3) is 5.92 Å². The molecule has 8 nitrogen and oxygen atoms in total. The normalized spacial score (nSPS) is 18.0. The van der Waals surface area contributed by atoms with Gasteiger partial charge in [-0.1, -0.05) is 36.4 Å². The summed E-state index contributed by atoms with van der Waals surface area (Å²) in [6, 6.07) is 11.7. The molecular formula is C27H25F2N5O3. The minimum Gasteiger partial charge on any atom is -0.495 e. The number of benzene rings is 2. The highest BCUT2D eigenvalue weighted by molar-refractivity contribution is 5.85. The molecule has 2 aromatic heterocycles. The molecule has 2 atom stereocenters. The molecule has 5 rings (SSSR count). The van der Waals surface area contributed by atoms with Crippen molar-refractivity contribution in [3.05, 3.63) is 77.4 Å². The number of aromatic nitrogens is 3. The van der Waals surface area contributed by atoms with Gasteiger partial charge in [-0.25, -0.2) is 9.97 Å². The summed E-state index contributed by atoms with van der Waals surface area (Å²) in [7, 11) is 1.33. The van der Waals surface area contributed by atoms with Crippen LogP contribution in [-0.2, 0) is 10.7 Å². The first-order valence-electron chi connectivity index (χ1n) is 11.8. The molecule has 0 saturated carbocycles. The molecule has 190 valence electrons. The third kappa shape index (κ3) is 4.26. The van der Waals surface area contributed by atoms with Gasteiger partial charge in [-0.05, 0) is 18.9 Å². The van der Waals surface area contributed by atoms with E-state index in [9.17, 15) is 10.4 Å². The fraction of sp³-hybridized carbons (Fsp3) is 0.296. The van der Waals surface area contributed by atoms with Gasteiger partial charge < -0.3 is 20.3 Å². The van der Waals surface area contributed by atoms with Crippen molar-refractivity contribution in [1.82, 2.24) is 14.4 Å². The van der Waals surface area contributed by atoms with E-state index in [1.54, 1.807) is 24.5 Å². The summed E-state index contributed by atoms with van der Waals surface area (Å²) < 4.78 is 43.8. The SMILES string of the molecule is COc1cccc(C(F)(F)c2ccc(-c3nc(C4CCC(CO)OC4)n4ccnc(N)c34)cc2)c1C#N. The number of halogens is 2. The number of aliphatic hydroxyl groups is 1. The molecule has 1 saturated heterocycles. The molecule has 0 radical (unpaired) electrons. The van der Waals surface area contributed by atoms with Crippen LogP contribution in [0.15, 0.2) is 54.9 Å². The zero-order valence-electron chi connectivity index (χ0n) is 20.1. The van der Waals surface area contributed by atoms with E-state index in [4.69, 9.17) is 20.2 Å². The molecule has 0 aliphatic carbocycles. The summed E-state index contributed by atoms with van der Waals surface area (Å²) in [5.74, 6) is -2.35. The molecule has 10 heteroatoms. The molecule has 4 aromatic rings. The lowest BCUT2D eigenvalue weighted by Crippen LogP contribution is -2.28. The Kier molecular flexibility index (Phi) is 6.50. The number of alkyl halides is 2. The second-order valence-electron chi connectivity index (χ2n) is 8.91. The van der Waals surface area contributed by atoms with Crippen molar-refractivity contribution in [2.24, 2.45) is 0 Å². The zero-order valence-corrected chi connectivity index (χ0v) is 20.1. The predicted molar refractivity (Wildman–Crippen MR) is 132 cm³/mol. The number of rotatable bonds is 6. The lowest BCUT2D eigenvalue weighted by molar-refractivity contribution is -0.0282. The second-order valence-corrected chi connectivity index (χ2v) is 8.91.